The van der Waals surface area contributed by atoms with Gasteiger partial charge in [-0.1, -0.05) is 5.16 Å². The third-order valence-electron chi connectivity index (χ3n) is 3.90. The zero-order valence-corrected chi connectivity index (χ0v) is 17.6. The maximum absolute atomic E-state index is 12.7. The van der Waals surface area contributed by atoms with Gasteiger partial charge in [-0.25, -0.2) is 14.1 Å². The second-order valence-electron chi connectivity index (χ2n) is 6.50. The minimum Gasteiger partial charge on any atom is -0.478 e. The highest BCUT2D eigenvalue weighted by Crippen LogP contribution is 2.24. The number of anilines is 1. The maximum atomic E-state index is 12.7. The number of aliphatic carboxylic acids is 1. The smallest absolute Gasteiger partial charge is 0.362 e. The van der Waals surface area contributed by atoms with Crippen LogP contribution in [-0.4, -0.2) is 82.3 Å². The van der Waals surface area contributed by atoms with Gasteiger partial charge in [-0.05, 0) is 13.8 Å². The van der Waals surface area contributed by atoms with E-state index in [1.807, 2.05) is 0 Å². The first-order valence-electron chi connectivity index (χ1n) is 8.11. The van der Waals surface area contributed by atoms with Gasteiger partial charge >= 0.3 is 16.3 Å². The number of ether oxygens (including phenoxy) is 1. The molecule has 0 aromatic carbocycles. The zero-order valence-electron chi connectivity index (χ0n) is 15.9. The summed E-state index contributed by atoms with van der Waals surface area (Å²) in [5.41, 5.74) is 3.21. The highest BCUT2D eigenvalue weighted by Gasteiger charge is 2.54. The van der Waals surface area contributed by atoms with E-state index in [4.69, 9.17) is 25.0 Å². The van der Waals surface area contributed by atoms with E-state index >= 15 is 0 Å². The molecule has 1 aromatic heterocycles. The number of rotatable bonds is 9. The fourth-order valence-electron chi connectivity index (χ4n) is 2.31. The lowest BCUT2D eigenvalue weighted by Crippen LogP contribution is -2.73. The molecular weight excluding hydrogens is 446 g/mol. The number of hydrogen-bond acceptors (Lipinski definition) is 11. The Labute approximate surface area is 174 Å². The van der Waals surface area contributed by atoms with E-state index in [1.165, 1.54) is 26.3 Å². The first kappa shape index (κ1) is 23.5. The van der Waals surface area contributed by atoms with Gasteiger partial charge in [0.15, 0.2) is 10.8 Å². The van der Waals surface area contributed by atoms with Crippen LogP contribution in [0.15, 0.2) is 10.5 Å². The van der Waals surface area contributed by atoms with Crippen LogP contribution in [0.4, 0.5) is 5.13 Å². The lowest BCUT2D eigenvalue weighted by atomic mass is 9.99. The van der Waals surface area contributed by atoms with Crippen LogP contribution in [0.2, 0.25) is 0 Å². The van der Waals surface area contributed by atoms with Crippen LogP contribution >= 0.6 is 11.3 Å². The number of aromatic nitrogens is 1. The Balaban J connectivity index is 2.30. The lowest BCUT2D eigenvalue weighted by molar-refractivity contribution is -0.161. The number of carboxylic acids is 1. The van der Waals surface area contributed by atoms with Gasteiger partial charge in [-0.2, -0.15) is 8.42 Å². The van der Waals surface area contributed by atoms with Gasteiger partial charge in [-0.15, -0.1) is 11.3 Å². The molecule has 2 heterocycles. The Kier molecular flexibility index (Phi) is 6.65. The standard InChI is InChI=1S/C14H19N5O9S2/c1-14(2,12(22)23)28-18-8(6-5-29-13(15)16-6)10(20)17-9-7(4-27-3)19(11(9)21)30(24,25)26/h5,7,9H,4H2,1-3H3,(H2,15,16)(H,17,20)(H,22,23)(H,24,25,26)/t7-,9+/m0/s1. The third kappa shape index (κ3) is 4.84. The van der Waals surface area contributed by atoms with Crippen molar-refractivity contribution in [1.82, 2.24) is 14.6 Å². The van der Waals surface area contributed by atoms with E-state index in [-0.39, 0.29) is 21.7 Å². The summed E-state index contributed by atoms with van der Waals surface area (Å²) in [5, 5.41) is 16.4. The molecule has 14 nitrogen and oxygen atoms in total. The van der Waals surface area contributed by atoms with Crippen molar-refractivity contribution in [3.63, 3.8) is 0 Å². The number of carbonyl (C=O) groups is 3. The molecule has 0 aliphatic carbocycles. The molecule has 166 valence electrons. The van der Waals surface area contributed by atoms with Crippen molar-refractivity contribution in [3.8, 4) is 0 Å². The Bertz CT molecular complexity index is 988. The molecule has 2 rings (SSSR count). The lowest BCUT2D eigenvalue weighted by Gasteiger charge is -2.43. The maximum Gasteiger partial charge on any atom is 0.362 e. The van der Waals surface area contributed by atoms with E-state index in [0.29, 0.717) is 0 Å². The number of methoxy groups -OCH3 is 1. The van der Waals surface area contributed by atoms with Crippen LogP contribution in [0, 0.1) is 0 Å². The molecule has 1 aliphatic heterocycles. The normalized spacial score (nSPS) is 19.9. The SMILES string of the molecule is COC[C@H]1[C@@H](NC(=O)C(=NOC(C)(C)C(=O)O)c2csc(N)n2)C(=O)N1S(=O)(=O)O. The number of hydrogen-bond donors (Lipinski definition) is 4. The number of nitrogens with zero attached hydrogens (tertiary/aromatic N) is 3. The minimum absolute atomic E-state index is 0.0575. The number of nitrogens with two attached hydrogens (primary N) is 1. The predicted molar refractivity (Wildman–Crippen MR) is 102 cm³/mol. The number of nitrogens with one attached hydrogen (secondary N) is 1. The molecule has 0 spiro atoms. The van der Waals surface area contributed by atoms with Crippen LogP contribution in [0.1, 0.15) is 19.5 Å². The molecule has 1 aromatic rings. The Morgan fingerprint density at radius 2 is 2.10 bits per heavy atom. The minimum atomic E-state index is -4.86. The molecule has 1 aliphatic rings. The predicted octanol–water partition coefficient (Wildman–Crippen LogP) is -1.55. The average molecular weight is 465 g/mol. The van der Waals surface area contributed by atoms with Crippen LogP contribution in [0.25, 0.3) is 0 Å². The van der Waals surface area contributed by atoms with Crippen molar-refractivity contribution >= 4 is 50.3 Å². The van der Waals surface area contributed by atoms with E-state index in [2.05, 4.69) is 15.5 Å². The van der Waals surface area contributed by atoms with Gasteiger partial charge in [0, 0.05) is 12.5 Å². The van der Waals surface area contributed by atoms with Gasteiger partial charge in [0.05, 0.1) is 6.61 Å². The number of β-lactam (4-membered cyclic amide) rings is 1. The molecule has 5 N–H and O–H groups in total. The molecule has 2 amide bonds. The summed E-state index contributed by atoms with van der Waals surface area (Å²) in [6.45, 7) is 2.07. The molecule has 0 bridgehead atoms. The highest BCUT2D eigenvalue weighted by atomic mass is 32.2. The summed E-state index contributed by atoms with van der Waals surface area (Å²) < 4.78 is 36.9. The molecule has 0 radical (unpaired) electrons. The average Bonchev–Trinajstić information content (AvgIpc) is 3.04. The fraction of sp³-hybridized carbons (Fsp3) is 0.500. The highest BCUT2D eigenvalue weighted by molar-refractivity contribution is 7.84. The van der Waals surface area contributed by atoms with Gasteiger partial charge in [0.2, 0.25) is 5.60 Å². The van der Waals surface area contributed by atoms with Crippen molar-refractivity contribution in [3.05, 3.63) is 11.1 Å². The van der Waals surface area contributed by atoms with Crippen molar-refractivity contribution in [1.29, 1.82) is 0 Å². The Hall–Kier alpha value is -2.82. The molecule has 16 heteroatoms. The number of carboxylic acid groups (broad SMARTS) is 1. The van der Waals surface area contributed by atoms with Gasteiger partial charge in [0.1, 0.15) is 17.8 Å². The Morgan fingerprint density at radius 3 is 2.57 bits per heavy atom. The topological polar surface area (TPSA) is 211 Å². The summed E-state index contributed by atoms with van der Waals surface area (Å²) in [6, 6.07) is -2.58. The molecule has 1 saturated heterocycles. The second kappa shape index (κ2) is 8.50. The zero-order chi connectivity index (χ0) is 22.9. The monoisotopic (exact) mass is 465 g/mol. The molecule has 0 saturated carbocycles. The van der Waals surface area contributed by atoms with Crippen LogP contribution in [0.3, 0.4) is 0 Å². The summed E-state index contributed by atoms with van der Waals surface area (Å²) in [6.07, 6.45) is 0. The summed E-state index contributed by atoms with van der Waals surface area (Å²) in [4.78, 5) is 44.9. The fourth-order valence-corrected chi connectivity index (χ4v) is 3.72. The van der Waals surface area contributed by atoms with Crippen molar-refractivity contribution < 1.29 is 42.0 Å². The number of thiazole rings is 1. The second-order valence-corrected chi connectivity index (χ2v) is 8.68. The van der Waals surface area contributed by atoms with E-state index in [0.717, 1.165) is 11.3 Å². The van der Waals surface area contributed by atoms with Crippen molar-refractivity contribution in [2.24, 2.45) is 5.16 Å². The first-order valence-corrected chi connectivity index (χ1v) is 10.4. The number of nitrogen functional groups attached to an aromatic ring is 1. The number of carbonyl (C=O) groups excluding carboxylic acids is 2. The van der Waals surface area contributed by atoms with Gasteiger partial charge in [0.25, 0.3) is 11.8 Å². The molecule has 30 heavy (non-hydrogen) atoms. The van der Waals surface area contributed by atoms with Crippen LogP contribution in [0.5, 0.6) is 0 Å². The molecular formula is C14H19N5O9S2. The summed E-state index contributed by atoms with van der Waals surface area (Å²) in [5.74, 6) is -3.48. The van der Waals surface area contributed by atoms with Crippen molar-refractivity contribution in [2.75, 3.05) is 19.5 Å². The largest absolute Gasteiger partial charge is 0.478 e. The van der Waals surface area contributed by atoms with Crippen molar-refractivity contribution in [2.45, 2.75) is 31.5 Å². The van der Waals surface area contributed by atoms with Crippen LogP contribution in [-0.2, 0) is 34.3 Å². The molecule has 2 atom stereocenters. The first-order chi connectivity index (χ1) is 13.8. The van der Waals surface area contributed by atoms with E-state index in [1.54, 1.807) is 0 Å². The molecule has 0 unspecified atom stereocenters. The quantitative estimate of drug-likeness (QED) is 0.142. The van der Waals surface area contributed by atoms with E-state index in [9.17, 15) is 22.8 Å². The van der Waals surface area contributed by atoms with E-state index < -0.39 is 51.5 Å². The summed E-state index contributed by atoms with van der Waals surface area (Å²) in [7, 11) is -3.63. The summed E-state index contributed by atoms with van der Waals surface area (Å²) >= 11 is 0.968. The number of amides is 2. The van der Waals surface area contributed by atoms with Gasteiger partial charge in [-0.3, -0.25) is 14.1 Å². The van der Waals surface area contributed by atoms with Gasteiger partial charge < -0.3 is 25.7 Å². The Morgan fingerprint density at radius 1 is 1.47 bits per heavy atom. The third-order valence-corrected chi connectivity index (χ3v) is 5.52. The molecule has 1 fully saturated rings. The number of oxime groups is 1. The van der Waals surface area contributed by atoms with Crippen LogP contribution < -0.4 is 11.1 Å².